The lowest BCUT2D eigenvalue weighted by molar-refractivity contribution is -0.137. The van der Waals surface area contributed by atoms with E-state index in [1.807, 2.05) is 6.92 Å². The highest BCUT2D eigenvalue weighted by atomic mass is 32.2. The van der Waals surface area contributed by atoms with E-state index in [0.29, 0.717) is 13.2 Å². The number of nitrogens with one attached hydrogen (secondary N) is 1. The first-order valence-electron chi connectivity index (χ1n) is 5.44. The first-order valence-corrected chi connectivity index (χ1v) is 7.26. The summed E-state index contributed by atoms with van der Waals surface area (Å²) in [4.78, 5) is 10.9. The van der Waals surface area contributed by atoms with Crippen LogP contribution in [0, 0.1) is 0 Å². The van der Waals surface area contributed by atoms with Gasteiger partial charge < -0.3 is 14.8 Å². The molecule has 0 saturated heterocycles. The quantitative estimate of drug-likeness (QED) is 0.572. The Hall–Kier alpha value is -0.660. The number of carbonyl (C=O) groups excluding carboxylic acids is 1. The first kappa shape index (κ1) is 16.3. The second-order valence-electron chi connectivity index (χ2n) is 3.74. The number of methoxy groups -OCH3 is 2. The molecule has 0 fully saturated rings. The van der Waals surface area contributed by atoms with Crippen LogP contribution in [0.3, 0.4) is 0 Å². The summed E-state index contributed by atoms with van der Waals surface area (Å²) >= 11 is 0. The summed E-state index contributed by atoms with van der Waals surface area (Å²) < 4.78 is 32.6. The lowest BCUT2D eigenvalue weighted by atomic mass is 10.3. The summed E-state index contributed by atoms with van der Waals surface area (Å²) in [7, 11) is -0.788. The van der Waals surface area contributed by atoms with Crippen LogP contribution in [-0.2, 0) is 24.1 Å². The minimum Gasteiger partial charge on any atom is -0.468 e. The summed E-state index contributed by atoms with van der Waals surface area (Å²) in [6, 6.07) is -0.297. The molecule has 6 nitrogen and oxygen atoms in total. The van der Waals surface area contributed by atoms with Gasteiger partial charge in [0.05, 0.1) is 19.5 Å². The fraction of sp³-hybridized carbons (Fsp3) is 0.900. The number of esters is 1. The number of hydrogen-bond acceptors (Lipinski definition) is 6. The minimum atomic E-state index is -3.46. The molecular formula is C10H21NO5S. The second kappa shape index (κ2) is 8.43. The van der Waals surface area contributed by atoms with Crippen LogP contribution >= 0.6 is 0 Å². The van der Waals surface area contributed by atoms with Crippen molar-refractivity contribution < 1.29 is 22.7 Å². The Labute approximate surface area is 103 Å². The summed E-state index contributed by atoms with van der Waals surface area (Å²) in [6.07, 6.45) is 0.900. The van der Waals surface area contributed by atoms with Crippen molar-refractivity contribution in [2.45, 2.75) is 19.4 Å². The minimum absolute atomic E-state index is 0.129. The smallest absolute Gasteiger partial charge is 0.320 e. The molecule has 0 aromatic rings. The third-order valence-electron chi connectivity index (χ3n) is 2.07. The molecule has 0 spiro atoms. The number of sulfone groups is 1. The molecule has 0 heterocycles. The van der Waals surface area contributed by atoms with Gasteiger partial charge in [-0.2, -0.15) is 0 Å². The van der Waals surface area contributed by atoms with Crippen molar-refractivity contribution in [1.29, 1.82) is 0 Å². The van der Waals surface area contributed by atoms with Gasteiger partial charge in [-0.05, 0) is 13.0 Å². The highest BCUT2D eigenvalue weighted by Gasteiger charge is 2.22. The van der Waals surface area contributed by atoms with E-state index in [-0.39, 0.29) is 11.8 Å². The average Bonchev–Trinajstić information content (AvgIpc) is 2.25. The van der Waals surface area contributed by atoms with Crippen molar-refractivity contribution in [2.75, 3.05) is 38.9 Å². The van der Waals surface area contributed by atoms with E-state index in [4.69, 9.17) is 4.74 Å². The largest absolute Gasteiger partial charge is 0.468 e. The molecule has 1 unspecified atom stereocenters. The van der Waals surface area contributed by atoms with E-state index in [2.05, 4.69) is 10.1 Å². The molecule has 0 aliphatic heterocycles. The summed E-state index contributed by atoms with van der Waals surface area (Å²) in [5.41, 5.74) is 0. The van der Waals surface area contributed by atoms with E-state index < -0.39 is 21.6 Å². The van der Waals surface area contributed by atoms with Gasteiger partial charge >= 0.3 is 5.97 Å². The van der Waals surface area contributed by atoms with E-state index in [9.17, 15) is 13.2 Å². The van der Waals surface area contributed by atoms with Gasteiger partial charge in [-0.1, -0.05) is 6.92 Å². The third kappa shape index (κ3) is 8.12. The van der Waals surface area contributed by atoms with Gasteiger partial charge in [0.25, 0.3) is 0 Å². The van der Waals surface area contributed by atoms with Crippen LogP contribution in [0.25, 0.3) is 0 Å². The topological polar surface area (TPSA) is 81.7 Å². The maximum absolute atomic E-state index is 11.7. The van der Waals surface area contributed by atoms with Crippen LogP contribution in [0.5, 0.6) is 0 Å². The highest BCUT2D eigenvalue weighted by molar-refractivity contribution is 7.92. The number of hydrogen-bond donors (Lipinski definition) is 1. The Kier molecular flexibility index (Phi) is 8.11. The predicted octanol–water partition coefficient (Wildman–Crippen LogP) is -0.411. The molecule has 7 heteroatoms. The molecule has 17 heavy (non-hydrogen) atoms. The molecule has 1 atom stereocenters. The van der Waals surface area contributed by atoms with Crippen molar-refractivity contribution in [3.63, 3.8) is 0 Å². The van der Waals surface area contributed by atoms with Gasteiger partial charge in [-0.25, -0.2) is 8.42 Å². The molecule has 0 aliphatic rings. The fourth-order valence-corrected chi connectivity index (χ4v) is 2.74. The van der Waals surface area contributed by atoms with Crippen LogP contribution in [-0.4, -0.2) is 59.3 Å². The molecule has 0 amide bonds. The highest BCUT2D eigenvalue weighted by Crippen LogP contribution is 1.98. The molecule has 0 saturated carbocycles. The third-order valence-corrected chi connectivity index (χ3v) is 3.66. The molecule has 0 bridgehead atoms. The lowest BCUT2D eigenvalue weighted by Gasteiger charge is -2.17. The zero-order valence-electron chi connectivity index (χ0n) is 10.6. The normalized spacial score (nSPS) is 13.4. The first-order chi connectivity index (χ1) is 7.95. The number of carbonyl (C=O) groups is 1. The molecule has 102 valence electrons. The lowest BCUT2D eigenvalue weighted by Crippen LogP contribution is -2.41. The molecule has 0 aliphatic carbocycles. The standard InChI is InChI=1S/C10H21NO5S/c1-4-5-11-9(6-15-2)7-17(13,14)8-10(12)16-3/h9,11H,4-8H2,1-3H3. The summed E-state index contributed by atoms with van der Waals surface area (Å²) in [5, 5.41) is 3.06. The number of rotatable bonds is 9. The maximum Gasteiger partial charge on any atom is 0.320 e. The SMILES string of the molecule is CCCNC(COC)CS(=O)(=O)CC(=O)OC. The number of ether oxygens (including phenoxy) is 2. The van der Waals surface area contributed by atoms with Gasteiger partial charge in [0.15, 0.2) is 9.84 Å². The van der Waals surface area contributed by atoms with Crippen LogP contribution in [0.1, 0.15) is 13.3 Å². The van der Waals surface area contributed by atoms with Gasteiger partial charge in [0, 0.05) is 13.2 Å². The second-order valence-corrected chi connectivity index (χ2v) is 5.85. The van der Waals surface area contributed by atoms with E-state index in [1.165, 1.54) is 14.2 Å². The van der Waals surface area contributed by atoms with E-state index in [0.717, 1.165) is 6.42 Å². The molecule has 0 aromatic carbocycles. The van der Waals surface area contributed by atoms with Crippen LogP contribution in [0.4, 0.5) is 0 Å². The molecule has 0 radical (unpaired) electrons. The van der Waals surface area contributed by atoms with Crippen molar-refractivity contribution in [1.82, 2.24) is 5.32 Å². The van der Waals surface area contributed by atoms with Crippen molar-refractivity contribution >= 4 is 15.8 Å². The van der Waals surface area contributed by atoms with E-state index >= 15 is 0 Å². The van der Waals surface area contributed by atoms with Crippen molar-refractivity contribution in [3.8, 4) is 0 Å². The van der Waals surface area contributed by atoms with Gasteiger partial charge in [0.1, 0.15) is 5.75 Å². The zero-order chi connectivity index (χ0) is 13.3. The summed E-state index contributed by atoms with van der Waals surface area (Å²) in [6.45, 7) is 2.99. The average molecular weight is 267 g/mol. The van der Waals surface area contributed by atoms with Crippen LogP contribution < -0.4 is 5.32 Å². The summed E-state index contributed by atoms with van der Waals surface area (Å²) in [5.74, 6) is -1.45. The zero-order valence-corrected chi connectivity index (χ0v) is 11.4. The Morgan fingerprint density at radius 1 is 1.35 bits per heavy atom. The Morgan fingerprint density at radius 3 is 2.47 bits per heavy atom. The predicted molar refractivity (Wildman–Crippen MR) is 64.6 cm³/mol. The Balaban J connectivity index is 4.35. The monoisotopic (exact) mass is 267 g/mol. The van der Waals surface area contributed by atoms with Gasteiger partial charge in [0.2, 0.25) is 0 Å². The molecule has 0 rings (SSSR count). The van der Waals surface area contributed by atoms with Crippen molar-refractivity contribution in [3.05, 3.63) is 0 Å². The molecular weight excluding hydrogens is 246 g/mol. The Bertz CT molecular complexity index is 315. The van der Waals surface area contributed by atoms with Gasteiger partial charge in [-0.3, -0.25) is 4.79 Å². The Morgan fingerprint density at radius 2 is 2.00 bits per heavy atom. The van der Waals surface area contributed by atoms with E-state index in [1.54, 1.807) is 0 Å². The van der Waals surface area contributed by atoms with Crippen LogP contribution in [0.2, 0.25) is 0 Å². The fourth-order valence-electron chi connectivity index (χ4n) is 1.32. The van der Waals surface area contributed by atoms with Crippen molar-refractivity contribution in [2.24, 2.45) is 0 Å². The van der Waals surface area contributed by atoms with Crippen LogP contribution in [0.15, 0.2) is 0 Å². The molecule has 0 aromatic heterocycles. The maximum atomic E-state index is 11.7. The van der Waals surface area contributed by atoms with Gasteiger partial charge in [-0.15, -0.1) is 0 Å². The molecule has 1 N–H and O–H groups in total.